The molecular formula is C26H30N6O2. The van der Waals surface area contributed by atoms with Crippen LogP contribution in [0.3, 0.4) is 0 Å². The summed E-state index contributed by atoms with van der Waals surface area (Å²) in [6.07, 6.45) is 0.897. The van der Waals surface area contributed by atoms with Crippen LogP contribution in [0.15, 0.2) is 54.6 Å². The smallest absolute Gasteiger partial charge is 0.319 e. The van der Waals surface area contributed by atoms with Gasteiger partial charge in [0.2, 0.25) is 0 Å². The van der Waals surface area contributed by atoms with Gasteiger partial charge in [0.05, 0.1) is 18.9 Å². The number of anilines is 2. The molecule has 1 saturated heterocycles. The number of fused-ring (bicyclic) bond motifs is 1. The highest BCUT2D eigenvalue weighted by Gasteiger charge is 2.31. The maximum absolute atomic E-state index is 11.8. The van der Waals surface area contributed by atoms with Gasteiger partial charge in [0, 0.05) is 49.0 Å². The highest BCUT2D eigenvalue weighted by molar-refractivity contribution is 5.89. The van der Waals surface area contributed by atoms with E-state index in [4.69, 9.17) is 14.7 Å². The molecular weight excluding hydrogens is 428 g/mol. The molecule has 8 nitrogen and oxygen atoms in total. The lowest BCUT2D eigenvalue weighted by molar-refractivity contribution is 0.122. The predicted octanol–water partition coefficient (Wildman–Crippen LogP) is 3.51. The average Bonchev–Trinajstić information content (AvgIpc) is 3.28. The van der Waals surface area contributed by atoms with E-state index >= 15 is 0 Å². The summed E-state index contributed by atoms with van der Waals surface area (Å²) in [6.45, 7) is 6.22. The molecule has 2 aromatic carbocycles. The quantitative estimate of drug-likeness (QED) is 0.524. The molecule has 1 unspecified atom stereocenters. The van der Waals surface area contributed by atoms with Crippen molar-refractivity contribution in [2.75, 3.05) is 43.1 Å². The van der Waals surface area contributed by atoms with E-state index in [0.29, 0.717) is 25.6 Å². The van der Waals surface area contributed by atoms with Crippen LogP contribution < -0.4 is 20.9 Å². The molecule has 176 valence electrons. The fourth-order valence-corrected chi connectivity index (χ4v) is 4.52. The predicted molar refractivity (Wildman–Crippen MR) is 133 cm³/mol. The minimum absolute atomic E-state index is 0.174. The van der Waals surface area contributed by atoms with Gasteiger partial charge in [-0.25, -0.2) is 14.8 Å². The Bertz CT molecular complexity index is 1130. The second-order valence-electron chi connectivity index (χ2n) is 8.52. The second kappa shape index (κ2) is 10.2. The zero-order chi connectivity index (χ0) is 23.3. The molecule has 0 bridgehead atoms. The number of amides is 2. The molecule has 1 aromatic heterocycles. The fraction of sp³-hybridized carbons (Fsp3) is 0.346. The number of carbonyl (C=O) groups is 1. The molecule has 5 rings (SSSR count). The molecule has 0 spiro atoms. The van der Waals surface area contributed by atoms with Crippen LogP contribution in [-0.4, -0.2) is 48.8 Å². The van der Waals surface area contributed by atoms with Gasteiger partial charge >= 0.3 is 6.03 Å². The third kappa shape index (κ3) is 4.88. The number of ether oxygens (including phenoxy) is 1. The summed E-state index contributed by atoms with van der Waals surface area (Å²) in [4.78, 5) is 24.2. The Hall–Kier alpha value is -3.49. The number of nitrogens with one attached hydrogen (secondary N) is 3. The van der Waals surface area contributed by atoms with Crippen LogP contribution in [0.1, 0.15) is 29.8 Å². The van der Waals surface area contributed by atoms with E-state index in [2.05, 4.69) is 45.1 Å². The van der Waals surface area contributed by atoms with E-state index in [1.165, 1.54) is 11.1 Å². The summed E-state index contributed by atoms with van der Waals surface area (Å²) >= 11 is 0. The molecule has 3 heterocycles. The number of carbonyl (C=O) groups excluding carboxylic acids is 1. The molecule has 0 saturated carbocycles. The number of aromatic nitrogens is 2. The number of hydrogen-bond donors (Lipinski definition) is 3. The zero-order valence-electron chi connectivity index (χ0n) is 19.4. The maximum Gasteiger partial charge on any atom is 0.319 e. The number of nitrogens with zero attached hydrogens (tertiary/aromatic N) is 3. The molecule has 8 heteroatoms. The SMILES string of the molecule is CCNC(=O)Nc1ccc(-c2nc3c(c(N4CCOCC4)n2)C(Cc2ccccc2)NC3)cc1. The van der Waals surface area contributed by atoms with Crippen LogP contribution in [0.25, 0.3) is 11.4 Å². The molecule has 2 aliphatic heterocycles. The van der Waals surface area contributed by atoms with Gasteiger partial charge in [0.25, 0.3) is 0 Å². The van der Waals surface area contributed by atoms with E-state index in [9.17, 15) is 4.79 Å². The third-order valence-corrected chi connectivity index (χ3v) is 6.20. The second-order valence-corrected chi connectivity index (χ2v) is 8.52. The van der Waals surface area contributed by atoms with E-state index in [0.717, 1.165) is 48.8 Å². The molecule has 2 amide bonds. The highest BCUT2D eigenvalue weighted by atomic mass is 16.5. The van der Waals surface area contributed by atoms with Gasteiger partial charge in [-0.05, 0) is 43.2 Å². The Balaban J connectivity index is 1.46. The monoisotopic (exact) mass is 458 g/mol. The molecule has 3 aromatic rings. The minimum atomic E-state index is -0.214. The summed E-state index contributed by atoms with van der Waals surface area (Å²) in [6, 6.07) is 18.2. The van der Waals surface area contributed by atoms with Crippen molar-refractivity contribution >= 4 is 17.5 Å². The topological polar surface area (TPSA) is 91.4 Å². The van der Waals surface area contributed by atoms with E-state index in [1.807, 2.05) is 37.3 Å². The van der Waals surface area contributed by atoms with E-state index < -0.39 is 0 Å². The Morgan fingerprint density at radius 2 is 1.85 bits per heavy atom. The molecule has 3 N–H and O–H groups in total. The lowest BCUT2D eigenvalue weighted by atomic mass is 10.00. The third-order valence-electron chi connectivity index (χ3n) is 6.20. The van der Waals surface area contributed by atoms with Gasteiger partial charge in [0.1, 0.15) is 5.82 Å². The van der Waals surface area contributed by atoms with E-state index in [-0.39, 0.29) is 12.1 Å². The fourth-order valence-electron chi connectivity index (χ4n) is 4.52. The van der Waals surface area contributed by atoms with Crippen molar-refractivity contribution in [3.05, 3.63) is 71.4 Å². The van der Waals surface area contributed by atoms with Crippen LogP contribution >= 0.6 is 0 Å². The summed E-state index contributed by atoms with van der Waals surface area (Å²) in [5.41, 5.74) is 5.19. The van der Waals surface area contributed by atoms with Crippen LogP contribution in [0.2, 0.25) is 0 Å². The van der Waals surface area contributed by atoms with Crippen LogP contribution in [0.4, 0.5) is 16.3 Å². The standard InChI is InChI=1S/C26H30N6O2/c1-2-27-26(33)29-20-10-8-19(9-11-20)24-30-22-17-28-21(16-18-6-4-3-5-7-18)23(22)25(31-24)32-12-14-34-15-13-32/h3-11,21,28H,2,12-17H2,1H3,(H2,27,29,33). The first-order valence-electron chi connectivity index (χ1n) is 11.9. The van der Waals surface area contributed by atoms with Crippen molar-refractivity contribution in [2.24, 2.45) is 0 Å². The average molecular weight is 459 g/mol. The lowest BCUT2D eigenvalue weighted by Crippen LogP contribution is -2.38. The van der Waals surface area contributed by atoms with Crippen molar-refractivity contribution in [1.29, 1.82) is 0 Å². The molecule has 2 aliphatic rings. The summed E-state index contributed by atoms with van der Waals surface area (Å²) in [5.74, 6) is 1.70. The number of rotatable bonds is 6. The van der Waals surface area contributed by atoms with Crippen molar-refractivity contribution in [3.8, 4) is 11.4 Å². The molecule has 1 atom stereocenters. The maximum atomic E-state index is 11.8. The van der Waals surface area contributed by atoms with Crippen molar-refractivity contribution in [1.82, 2.24) is 20.6 Å². The van der Waals surface area contributed by atoms with Gasteiger partial charge in [0.15, 0.2) is 5.82 Å². The van der Waals surface area contributed by atoms with Gasteiger partial charge in [-0.1, -0.05) is 30.3 Å². The Morgan fingerprint density at radius 3 is 2.59 bits per heavy atom. The van der Waals surface area contributed by atoms with Crippen molar-refractivity contribution in [3.63, 3.8) is 0 Å². The van der Waals surface area contributed by atoms with Crippen molar-refractivity contribution in [2.45, 2.75) is 25.9 Å². The van der Waals surface area contributed by atoms with Gasteiger partial charge in [-0.15, -0.1) is 0 Å². The molecule has 1 fully saturated rings. The summed E-state index contributed by atoms with van der Waals surface area (Å²) < 4.78 is 5.60. The first kappa shape index (κ1) is 22.3. The van der Waals surface area contributed by atoms with Crippen LogP contribution in [-0.2, 0) is 17.7 Å². The summed E-state index contributed by atoms with van der Waals surface area (Å²) in [5, 5.41) is 9.23. The highest BCUT2D eigenvalue weighted by Crippen LogP contribution is 2.36. The van der Waals surface area contributed by atoms with Crippen LogP contribution in [0, 0.1) is 0 Å². The molecule has 34 heavy (non-hydrogen) atoms. The molecule has 0 radical (unpaired) electrons. The number of hydrogen-bond acceptors (Lipinski definition) is 6. The van der Waals surface area contributed by atoms with Crippen molar-refractivity contribution < 1.29 is 9.53 Å². The van der Waals surface area contributed by atoms with E-state index in [1.54, 1.807) is 0 Å². The first-order chi connectivity index (χ1) is 16.7. The summed E-state index contributed by atoms with van der Waals surface area (Å²) in [7, 11) is 0. The normalized spacial score (nSPS) is 17.3. The number of morpholine rings is 1. The largest absolute Gasteiger partial charge is 0.378 e. The Labute approximate surface area is 199 Å². The van der Waals surface area contributed by atoms with Crippen LogP contribution in [0.5, 0.6) is 0 Å². The number of benzene rings is 2. The first-order valence-corrected chi connectivity index (χ1v) is 11.9. The Morgan fingerprint density at radius 1 is 1.09 bits per heavy atom. The zero-order valence-corrected chi connectivity index (χ0v) is 19.4. The number of urea groups is 1. The minimum Gasteiger partial charge on any atom is -0.378 e. The van der Waals surface area contributed by atoms with Gasteiger partial charge in [-0.3, -0.25) is 0 Å². The van der Waals surface area contributed by atoms with Gasteiger partial charge < -0.3 is 25.6 Å². The molecule has 0 aliphatic carbocycles. The lowest BCUT2D eigenvalue weighted by Gasteiger charge is -2.30. The van der Waals surface area contributed by atoms with Gasteiger partial charge in [-0.2, -0.15) is 0 Å². The Kier molecular flexibility index (Phi) is 6.69.